The molecule has 0 fully saturated rings. The van der Waals surface area contributed by atoms with Crippen LogP contribution in [0.25, 0.3) is 0 Å². The minimum absolute atomic E-state index is 0.241. The molecule has 1 rings (SSSR count). The van der Waals surface area contributed by atoms with Gasteiger partial charge in [0.25, 0.3) is 0 Å². The number of nitrogens with zero attached hydrogens (tertiary/aromatic N) is 1. The second-order valence-corrected chi connectivity index (χ2v) is 2.87. The molecule has 1 atom stereocenters. The Kier molecular flexibility index (Phi) is 3.53. The molecule has 1 heterocycles. The van der Waals surface area contributed by atoms with E-state index in [1.54, 1.807) is 13.1 Å². The Labute approximate surface area is 80.8 Å². The van der Waals surface area contributed by atoms with E-state index in [-0.39, 0.29) is 6.42 Å². The molecular weight excluding hydrogens is 187 g/mol. The lowest BCUT2D eigenvalue weighted by molar-refractivity contribution is -0.139. The van der Waals surface area contributed by atoms with Crippen LogP contribution in [-0.4, -0.2) is 29.1 Å². The van der Waals surface area contributed by atoms with Gasteiger partial charge in [0.15, 0.2) is 0 Å². The summed E-state index contributed by atoms with van der Waals surface area (Å²) < 4.78 is 12.6. The Morgan fingerprint density at radius 3 is 3.00 bits per heavy atom. The summed E-state index contributed by atoms with van der Waals surface area (Å²) in [5.74, 6) is -1.55. The molecular formula is C9H11FN2O2. The first kappa shape index (κ1) is 10.6. The van der Waals surface area contributed by atoms with Crippen molar-refractivity contribution in [3.8, 4) is 0 Å². The van der Waals surface area contributed by atoms with Gasteiger partial charge in [-0.05, 0) is 31.2 Å². The van der Waals surface area contributed by atoms with Crippen LogP contribution in [0.5, 0.6) is 0 Å². The number of halogens is 1. The van der Waals surface area contributed by atoms with Crippen LogP contribution in [0.2, 0.25) is 0 Å². The van der Waals surface area contributed by atoms with Gasteiger partial charge in [-0.25, -0.2) is 4.98 Å². The highest BCUT2D eigenvalue weighted by atomic mass is 19.1. The normalized spacial score (nSPS) is 12.4. The van der Waals surface area contributed by atoms with Gasteiger partial charge in [0.1, 0.15) is 6.04 Å². The maximum Gasteiger partial charge on any atom is 0.321 e. The Morgan fingerprint density at radius 2 is 2.50 bits per heavy atom. The number of carboxylic acid groups (broad SMARTS) is 1. The van der Waals surface area contributed by atoms with Gasteiger partial charge in [0.2, 0.25) is 5.95 Å². The number of likely N-dealkylation sites (N-methyl/N-ethyl adjacent to an activating group) is 1. The van der Waals surface area contributed by atoms with E-state index in [2.05, 4.69) is 10.3 Å². The number of rotatable bonds is 4. The number of pyridine rings is 1. The fourth-order valence-electron chi connectivity index (χ4n) is 1.12. The standard InChI is InChI=1S/C9H11FN2O2/c1-11-7(9(13)14)4-6-2-3-12-8(10)5-6/h2-3,5,7,11H,4H2,1H3,(H,13,14). The van der Waals surface area contributed by atoms with Gasteiger partial charge in [-0.1, -0.05) is 0 Å². The third-order valence-electron chi connectivity index (χ3n) is 1.88. The third-order valence-corrected chi connectivity index (χ3v) is 1.88. The molecule has 0 radical (unpaired) electrons. The van der Waals surface area contributed by atoms with Crippen molar-refractivity contribution in [1.82, 2.24) is 10.3 Å². The third kappa shape index (κ3) is 2.77. The van der Waals surface area contributed by atoms with Crippen molar-refractivity contribution in [3.63, 3.8) is 0 Å². The van der Waals surface area contributed by atoms with Gasteiger partial charge < -0.3 is 10.4 Å². The summed E-state index contributed by atoms with van der Waals surface area (Å²) in [6.07, 6.45) is 1.56. The summed E-state index contributed by atoms with van der Waals surface area (Å²) >= 11 is 0. The minimum atomic E-state index is -0.954. The molecule has 0 aliphatic rings. The predicted molar refractivity (Wildman–Crippen MR) is 48.4 cm³/mol. The summed E-state index contributed by atoms with van der Waals surface area (Å²) in [6.45, 7) is 0. The van der Waals surface area contributed by atoms with E-state index in [0.29, 0.717) is 5.56 Å². The highest BCUT2D eigenvalue weighted by Crippen LogP contribution is 2.04. The molecule has 76 valence electrons. The first-order valence-electron chi connectivity index (χ1n) is 4.14. The van der Waals surface area contributed by atoms with Crippen LogP contribution in [0.1, 0.15) is 5.56 Å². The second kappa shape index (κ2) is 4.66. The van der Waals surface area contributed by atoms with Crippen LogP contribution in [0.3, 0.4) is 0 Å². The van der Waals surface area contributed by atoms with Crippen molar-refractivity contribution in [2.75, 3.05) is 7.05 Å². The van der Waals surface area contributed by atoms with E-state index in [1.165, 1.54) is 12.3 Å². The van der Waals surface area contributed by atoms with Gasteiger partial charge in [0, 0.05) is 6.20 Å². The minimum Gasteiger partial charge on any atom is -0.480 e. The van der Waals surface area contributed by atoms with Crippen LogP contribution in [0.4, 0.5) is 4.39 Å². The lowest BCUT2D eigenvalue weighted by Gasteiger charge is -2.10. The second-order valence-electron chi connectivity index (χ2n) is 2.87. The zero-order valence-corrected chi connectivity index (χ0v) is 7.70. The van der Waals surface area contributed by atoms with Crippen LogP contribution in [0.15, 0.2) is 18.3 Å². The first-order valence-corrected chi connectivity index (χ1v) is 4.14. The number of hydrogen-bond donors (Lipinski definition) is 2. The van der Waals surface area contributed by atoms with E-state index < -0.39 is 18.0 Å². The van der Waals surface area contributed by atoms with Crippen LogP contribution < -0.4 is 5.32 Å². The van der Waals surface area contributed by atoms with Crippen molar-refractivity contribution >= 4 is 5.97 Å². The Balaban J connectivity index is 2.72. The molecule has 5 heteroatoms. The monoisotopic (exact) mass is 198 g/mol. The van der Waals surface area contributed by atoms with Gasteiger partial charge in [-0.2, -0.15) is 4.39 Å². The molecule has 0 aliphatic carbocycles. The SMILES string of the molecule is CNC(Cc1ccnc(F)c1)C(=O)O. The summed E-state index contributed by atoms with van der Waals surface area (Å²) in [6, 6.07) is 2.13. The quantitative estimate of drug-likeness (QED) is 0.689. The van der Waals surface area contributed by atoms with Gasteiger partial charge in [-0.15, -0.1) is 0 Å². The number of carbonyl (C=O) groups is 1. The molecule has 1 aromatic rings. The van der Waals surface area contributed by atoms with Crippen molar-refractivity contribution in [3.05, 3.63) is 29.8 Å². The van der Waals surface area contributed by atoms with E-state index in [9.17, 15) is 9.18 Å². The molecule has 0 bridgehead atoms. The van der Waals surface area contributed by atoms with Gasteiger partial charge >= 0.3 is 5.97 Å². The highest BCUT2D eigenvalue weighted by Gasteiger charge is 2.15. The molecule has 0 spiro atoms. The molecule has 4 nitrogen and oxygen atoms in total. The largest absolute Gasteiger partial charge is 0.480 e. The van der Waals surface area contributed by atoms with Crippen LogP contribution >= 0.6 is 0 Å². The number of nitrogens with one attached hydrogen (secondary N) is 1. The number of carboxylic acids is 1. The molecule has 0 saturated carbocycles. The summed E-state index contributed by atoms with van der Waals surface area (Å²) in [4.78, 5) is 14.0. The summed E-state index contributed by atoms with van der Waals surface area (Å²) in [7, 11) is 1.55. The molecule has 1 unspecified atom stereocenters. The molecule has 14 heavy (non-hydrogen) atoms. The Bertz CT molecular complexity index is 330. The highest BCUT2D eigenvalue weighted by molar-refractivity contribution is 5.73. The average molecular weight is 198 g/mol. The van der Waals surface area contributed by atoms with E-state index in [1.807, 2.05) is 0 Å². The lowest BCUT2D eigenvalue weighted by atomic mass is 10.1. The van der Waals surface area contributed by atoms with Crippen LogP contribution in [0, 0.1) is 5.95 Å². The topological polar surface area (TPSA) is 62.2 Å². The Hall–Kier alpha value is -1.49. The van der Waals surface area contributed by atoms with Crippen molar-refractivity contribution in [2.24, 2.45) is 0 Å². The van der Waals surface area contributed by atoms with Crippen molar-refractivity contribution in [1.29, 1.82) is 0 Å². The first-order chi connectivity index (χ1) is 6.63. The summed E-state index contributed by atoms with van der Waals surface area (Å²) in [5, 5.41) is 11.4. The van der Waals surface area contributed by atoms with Gasteiger partial charge in [-0.3, -0.25) is 4.79 Å². The van der Waals surface area contributed by atoms with E-state index in [0.717, 1.165) is 0 Å². The molecule has 0 aliphatic heterocycles. The fourth-order valence-corrected chi connectivity index (χ4v) is 1.12. The maximum absolute atomic E-state index is 12.6. The number of aliphatic carboxylic acids is 1. The molecule has 0 amide bonds. The lowest BCUT2D eigenvalue weighted by Crippen LogP contribution is -2.35. The predicted octanol–water partition coefficient (Wildman–Crippen LogP) is 0.436. The zero-order chi connectivity index (χ0) is 10.6. The van der Waals surface area contributed by atoms with Crippen molar-refractivity contribution in [2.45, 2.75) is 12.5 Å². The molecule has 2 N–H and O–H groups in total. The van der Waals surface area contributed by atoms with E-state index in [4.69, 9.17) is 5.11 Å². The van der Waals surface area contributed by atoms with Crippen molar-refractivity contribution < 1.29 is 14.3 Å². The molecule has 0 saturated heterocycles. The molecule has 1 aromatic heterocycles. The summed E-state index contributed by atoms with van der Waals surface area (Å²) in [5.41, 5.74) is 0.610. The van der Waals surface area contributed by atoms with Crippen LogP contribution in [-0.2, 0) is 11.2 Å². The molecule has 0 aromatic carbocycles. The maximum atomic E-state index is 12.6. The zero-order valence-electron chi connectivity index (χ0n) is 7.70. The fraction of sp³-hybridized carbons (Fsp3) is 0.333. The number of aromatic nitrogens is 1. The smallest absolute Gasteiger partial charge is 0.321 e. The van der Waals surface area contributed by atoms with Gasteiger partial charge in [0.05, 0.1) is 0 Å². The van der Waals surface area contributed by atoms with E-state index >= 15 is 0 Å². The average Bonchev–Trinajstić information content (AvgIpc) is 2.14. The number of hydrogen-bond acceptors (Lipinski definition) is 3. The Morgan fingerprint density at radius 1 is 1.79 bits per heavy atom.